The summed E-state index contributed by atoms with van der Waals surface area (Å²) in [4.78, 5) is 45.4. The molecule has 1 aliphatic heterocycles. The monoisotopic (exact) mass is 560 g/mol. The molecule has 1 aromatic heterocycles. The zero-order valence-electron chi connectivity index (χ0n) is 23.8. The quantitative estimate of drug-likeness (QED) is 0.466. The lowest BCUT2D eigenvalue weighted by atomic mass is 10.0. The van der Waals surface area contributed by atoms with E-state index in [0.29, 0.717) is 40.8 Å². The van der Waals surface area contributed by atoms with E-state index in [0.717, 1.165) is 5.56 Å². The summed E-state index contributed by atoms with van der Waals surface area (Å²) >= 11 is 0. The van der Waals surface area contributed by atoms with Gasteiger partial charge in [0.25, 0.3) is 0 Å². The van der Waals surface area contributed by atoms with Gasteiger partial charge < -0.3 is 29.4 Å². The number of nitrogens with zero attached hydrogens (tertiary/aromatic N) is 2. The zero-order chi connectivity index (χ0) is 29.4. The van der Waals surface area contributed by atoms with Gasteiger partial charge in [-0.1, -0.05) is 44.2 Å². The summed E-state index contributed by atoms with van der Waals surface area (Å²) in [7, 11) is 1.55. The van der Waals surface area contributed by atoms with Crippen LogP contribution in [0.2, 0.25) is 0 Å². The number of aromatic nitrogens is 1. The summed E-state index contributed by atoms with van der Waals surface area (Å²) in [6.07, 6.45) is 3.60. The number of nitrogens with one attached hydrogen (secondary N) is 2. The molecule has 2 aromatic carbocycles. The van der Waals surface area contributed by atoms with E-state index in [1.165, 1.54) is 11.0 Å². The summed E-state index contributed by atoms with van der Waals surface area (Å²) in [6, 6.07) is 14.0. The van der Waals surface area contributed by atoms with E-state index < -0.39 is 11.9 Å². The molecule has 3 amide bonds. The molecule has 4 bridgehead atoms. The molecule has 3 aromatic rings. The van der Waals surface area contributed by atoms with Crippen molar-refractivity contribution >= 4 is 23.8 Å². The first-order valence-corrected chi connectivity index (χ1v) is 13.6. The van der Waals surface area contributed by atoms with Crippen LogP contribution in [-0.2, 0) is 20.9 Å². The fraction of sp³-hybridized carbons (Fsp3) is 0.355. The number of carbonyl (C=O) groups excluding carboxylic acids is 3. The van der Waals surface area contributed by atoms with Crippen LogP contribution in [0.3, 0.4) is 0 Å². The van der Waals surface area contributed by atoms with Gasteiger partial charge in [0, 0.05) is 18.2 Å². The standard InChI is InChI=1S/C31H36N4O6/c1-20(2)29-30(38)32-18-24-21(3)41-31(33-24)23-12-13-25(39-4)26(17-23)40-16-8-15-35(19-27(36)34-29)28(37)14-11-22-9-6-5-7-10-22/h5-7,9-14,17,20,29H,8,15-16,18-19H2,1-4H3,(H,32,38)(H,34,36)/t29-/m0/s1. The molecular formula is C31H36N4O6. The van der Waals surface area contributed by atoms with E-state index in [-0.39, 0.29) is 44.0 Å². The number of benzene rings is 2. The molecule has 2 N–H and O–H groups in total. The second-order valence-electron chi connectivity index (χ2n) is 10.1. The molecule has 1 atom stereocenters. The summed E-state index contributed by atoms with van der Waals surface area (Å²) in [5.74, 6) is 0.699. The Bertz CT molecular complexity index is 1400. The van der Waals surface area contributed by atoms with Crippen LogP contribution >= 0.6 is 0 Å². The number of carbonyl (C=O) groups is 3. The lowest BCUT2D eigenvalue weighted by molar-refractivity contribution is -0.134. The van der Waals surface area contributed by atoms with Crippen LogP contribution in [0, 0.1) is 12.8 Å². The topological polar surface area (TPSA) is 123 Å². The molecule has 10 heteroatoms. The number of oxazole rings is 1. The number of rotatable bonds is 4. The van der Waals surface area contributed by atoms with Crippen LogP contribution < -0.4 is 20.1 Å². The average molecular weight is 561 g/mol. The highest BCUT2D eigenvalue weighted by atomic mass is 16.5. The third kappa shape index (κ3) is 7.75. The van der Waals surface area contributed by atoms with Gasteiger partial charge in [0.15, 0.2) is 11.5 Å². The third-order valence-electron chi connectivity index (χ3n) is 6.69. The molecule has 41 heavy (non-hydrogen) atoms. The normalized spacial score (nSPS) is 16.9. The van der Waals surface area contributed by atoms with Crippen LogP contribution in [0.15, 0.2) is 59.0 Å². The van der Waals surface area contributed by atoms with Gasteiger partial charge in [-0.3, -0.25) is 14.4 Å². The molecule has 216 valence electrons. The number of aryl methyl sites for hydroxylation is 1. The van der Waals surface area contributed by atoms with Crippen molar-refractivity contribution < 1.29 is 28.3 Å². The molecule has 4 rings (SSSR count). The van der Waals surface area contributed by atoms with Crippen molar-refractivity contribution in [2.75, 3.05) is 26.8 Å². The minimum absolute atomic E-state index is 0.127. The molecule has 0 aliphatic carbocycles. The van der Waals surface area contributed by atoms with Crippen LogP contribution in [0.5, 0.6) is 11.5 Å². The van der Waals surface area contributed by atoms with Gasteiger partial charge in [0.2, 0.25) is 23.6 Å². The molecule has 0 saturated heterocycles. The Hall–Kier alpha value is -4.60. The highest BCUT2D eigenvalue weighted by Gasteiger charge is 2.26. The number of fused-ring (bicyclic) bond motifs is 5. The Morgan fingerprint density at radius 3 is 2.68 bits per heavy atom. The molecule has 0 radical (unpaired) electrons. The van der Waals surface area contributed by atoms with E-state index in [1.807, 2.05) is 50.2 Å². The highest BCUT2D eigenvalue weighted by Crippen LogP contribution is 2.33. The van der Waals surface area contributed by atoms with Gasteiger partial charge in [-0.25, -0.2) is 4.98 Å². The second-order valence-corrected chi connectivity index (χ2v) is 10.1. The third-order valence-corrected chi connectivity index (χ3v) is 6.69. The number of methoxy groups -OCH3 is 1. The first-order valence-electron chi connectivity index (χ1n) is 13.6. The predicted octanol–water partition coefficient (Wildman–Crippen LogP) is 3.74. The maximum atomic E-state index is 13.2. The fourth-order valence-electron chi connectivity index (χ4n) is 4.39. The lowest BCUT2D eigenvalue weighted by Gasteiger charge is -2.25. The smallest absolute Gasteiger partial charge is 0.247 e. The van der Waals surface area contributed by atoms with Gasteiger partial charge >= 0.3 is 0 Å². The Morgan fingerprint density at radius 2 is 1.95 bits per heavy atom. The van der Waals surface area contributed by atoms with E-state index in [2.05, 4.69) is 15.6 Å². The van der Waals surface area contributed by atoms with E-state index in [1.54, 1.807) is 32.2 Å². The fourth-order valence-corrected chi connectivity index (χ4v) is 4.39. The summed E-state index contributed by atoms with van der Waals surface area (Å²) in [6.45, 7) is 5.91. The SMILES string of the molecule is COc1ccc2cc1OCCCN(C(=O)C=Cc1ccccc1)CC(=O)N[C@@H](C(C)C)C(=O)NCc1nc-2oc1C. The van der Waals surface area contributed by atoms with Crippen LogP contribution in [0.4, 0.5) is 0 Å². The Balaban J connectivity index is 1.61. The van der Waals surface area contributed by atoms with Crippen molar-refractivity contribution in [2.45, 2.75) is 39.8 Å². The van der Waals surface area contributed by atoms with Gasteiger partial charge in [0.05, 0.1) is 26.8 Å². The van der Waals surface area contributed by atoms with Crippen molar-refractivity contribution in [1.29, 1.82) is 0 Å². The average Bonchev–Trinajstić information content (AvgIpc) is 3.34. The Kier molecular flexibility index (Phi) is 9.78. The van der Waals surface area contributed by atoms with Crippen molar-refractivity contribution in [3.8, 4) is 23.0 Å². The summed E-state index contributed by atoms with van der Waals surface area (Å²) < 4.78 is 17.4. The van der Waals surface area contributed by atoms with Crippen LogP contribution in [0.25, 0.3) is 17.5 Å². The van der Waals surface area contributed by atoms with E-state index in [9.17, 15) is 14.4 Å². The van der Waals surface area contributed by atoms with Crippen LogP contribution in [-0.4, -0.2) is 60.5 Å². The van der Waals surface area contributed by atoms with Gasteiger partial charge in [-0.15, -0.1) is 0 Å². The molecule has 0 spiro atoms. The molecular weight excluding hydrogens is 524 g/mol. The number of amides is 3. The van der Waals surface area contributed by atoms with Gasteiger partial charge in [-0.05, 0) is 49.1 Å². The zero-order valence-corrected chi connectivity index (χ0v) is 23.8. The van der Waals surface area contributed by atoms with Crippen molar-refractivity contribution in [2.24, 2.45) is 5.92 Å². The first kappa shape index (κ1) is 29.4. The molecule has 0 saturated carbocycles. The molecule has 1 aliphatic rings. The number of hydrogen-bond acceptors (Lipinski definition) is 7. The predicted molar refractivity (Wildman–Crippen MR) is 154 cm³/mol. The maximum Gasteiger partial charge on any atom is 0.247 e. The first-order chi connectivity index (χ1) is 19.7. The number of ether oxygens (including phenoxy) is 2. The minimum atomic E-state index is -0.794. The Morgan fingerprint density at radius 1 is 1.17 bits per heavy atom. The minimum Gasteiger partial charge on any atom is -0.493 e. The molecule has 2 heterocycles. The van der Waals surface area contributed by atoms with Crippen molar-refractivity contribution in [3.63, 3.8) is 0 Å². The lowest BCUT2D eigenvalue weighted by Crippen LogP contribution is -2.52. The molecule has 0 fully saturated rings. The maximum absolute atomic E-state index is 13.2. The summed E-state index contributed by atoms with van der Waals surface area (Å²) in [5, 5.41) is 5.66. The molecule has 0 unspecified atom stereocenters. The second kappa shape index (κ2) is 13.6. The van der Waals surface area contributed by atoms with Gasteiger partial charge in [0.1, 0.15) is 17.5 Å². The Labute approximate surface area is 239 Å². The van der Waals surface area contributed by atoms with E-state index in [4.69, 9.17) is 13.9 Å². The van der Waals surface area contributed by atoms with Gasteiger partial charge in [-0.2, -0.15) is 0 Å². The number of hydrogen-bond donors (Lipinski definition) is 2. The van der Waals surface area contributed by atoms with E-state index >= 15 is 0 Å². The summed E-state index contributed by atoms with van der Waals surface area (Å²) in [5.41, 5.74) is 2.13. The largest absolute Gasteiger partial charge is 0.493 e. The van der Waals surface area contributed by atoms with Crippen molar-refractivity contribution in [1.82, 2.24) is 20.5 Å². The van der Waals surface area contributed by atoms with Crippen LogP contribution in [0.1, 0.15) is 37.3 Å². The van der Waals surface area contributed by atoms with Crippen molar-refractivity contribution in [3.05, 3.63) is 71.6 Å². The highest BCUT2D eigenvalue weighted by molar-refractivity contribution is 5.95. The molecule has 10 nitrogen and oxygen atoms in total.